The molecule has 0 aromatic heterocycles. The van der Waals surface area contributed by atoms with Gasteiger partial charge in [0.2, 0.25) is 0 Å². The summed E-state index contributed by atoms with van der Waals surface area (Å²) in [6.07, 6.45) is -0.503. The summed E-state index contributed by atoms with van der Waals surface area (Å²) in [6, 6.07) is 8.38. The first-order valence-corrected chi connectivity index (χ1v) is 7.19. The quantitative estimate of drug-likeness (QED) is 0.774. The van der Waals surface area contributed by atoms with Crippen LogP contribution in [0.2, 0.25) is 5.32 Å². The minimum absolute atomic E-state index is 0.319. The first-order valence-electron chi connectivity index (χ1n) is 5.12. The van der Waals surface area contributed by atoms with E-state index in [0.29, 0.717) is 20.9 Å². The van der Waals surface area contributed by atoms with E-state index >= 15 is 0 Å². The molecule has 1 aromatic rings. The fourth-order valence-electron chi connectivity index (χ4n) is 1.44. The van der Waals surface area contributed by atoms with Gasteiger partial charge in [0.15, 0.2) is 0 Å². The van der Waals surface area contributed by atoms with Crippen molar-refractivity contribution in [2.45, 2.75) is 25.4 Å². The summed E-state index contributed by atoms with van der Waals surface area (Å²) < 4.78 is 1.10. The number of benzene rings is 1. The number of aryl methyl sites for hydroxylation is 1. The van der Waals surface area contributed by atoms with E-state index < -0.39 is 6.23 Å². The van der Waals surface area contributed by atoms with E-state index in [0.717, 1.165) is 9.93 Å². The molecular formula is C12H15NOSe. The Labute approximate surface area is 96.6 Å². The Hall–Kier alpha value is -0.631. The third-order valence-corrected chi connectivity index (χ3v) is 5.28. The first-order chi connectivity index (χ1) is 7.16. The van der Waals surface area contributed by atoms with Crippen molar-refractivity contribution in [3.8, 4) is 0 Å². The van der Waals surface area contributed by atoms with Crippen LogP contribution in [0.1, 0.15) is 18.1 Å². The Balaban J connectivity index is 2.24. The van der Waals surface area contributed by atoms with Crippen LogP contribution in [-0.2, 0) is 0 Å². The summed E-state index contributed by atoms with van der Waals surface area (Å²) in [7, 11) is 0. The Morgan fingerprint density at radius 2 is 2.00 bits per heavy atom. The fourth-order valence-corrected chi connectivity index (χ4v) is 3.70. The van der Waals surface area contributed by atoms with Crippen molar-refractivity contribution in [3.05, 3.63) is 35.4 Å². The van der Waals surface area contributed by atoms with Gasteiger partial charge in [0, 0.05) is 0 Å². The molecule has 0 bridgehead atoms. The average molecular weight is 268 g/mol. The van der Waals surface area contributed by atoms with E-state index in [2.05, 4.69) is 43.1 Å². The average Bonchev–Trinajstić information content (AvgIpc) is 2.23. The van der Waals surface area contributed by atoms with Gasteiger partial charge in [-0.1, -0.05) is 0 Å². The van der Waals surface area contributed by atoms with E-state index in [1.54, 1.807) is 0 Å². The predicted molar refractivity (Wildman–Crippen MR) is 63.4 cm³/mol. The Morgan fingerprint density at radius 3 is 2.60 bits per heavy atom. The van der Waals surface area contributed by atoms with Crippen molar-refractivity contribution in [1.29, 1.82) is 0 Å². The normalized spacial score (nSPS) is 26.2. The number of aliphatic imine (C=N–C) groups is 1. The molecule has 0 saturated carbocycles. The van der Waals surface area contributed by atoms with Crippen LogP contribution in [-0.4, -0.2) is 30.9 Å². The molecule has 0 unspecified atom stereocenters. The topological polar surface area (TPSA) is 32.6 Å². The second-order valence-corrected chi connectivity index (χ2v) is 6.12. The third kappa shape index (κ3) is 2.49. The molecule has 1 aromatic carbocycles. The second-order valence-electron chi connectivity index (χ2n) is 4.00. The summed E-state index contributed by atoms with van der Waals surface area (Å²) >= 11 is 0.411. The van der Waals surface area contributed by atoms with Crippen molar-refractivity contribution in [3.63, 3.8) is 0 Å². The molecule has 1 aliphatic heterocycles. The third-order valence-electron chi connectivity index (χ3n) is 2.54. The zero-order valence-corrected chi connectivity index (χ0v) is 10.7. The number of hydrogen-bond donors (Lipinski definition) is 1. The Morgan fingerprint density at radius 1 is 1.33 bits per heavy atom. The maximum atomic E-state index is 9.69. The first kappa shape index (κ1) is 10.9. The molecule has 1 aliphatic rings. The monoisotopic (exact) mass is 269 g/mol. The van der Waals surface area contributed by atoms with Gasteiger partial charge in [-0.3, -0.25) is 0 Å². The van der Waals surface area contributed by atoms with Gasteiger partial charge in [-0.15, -0.1) is 0 Å². The van der Waals surface area contributed by atoms with Crippen molar-refractivity contribution < 1.29 is 5.11 Å². The van der Waals surface area contributed by atoms with Crippen molar-refractivity contribution in [2.24, 2.45) is 10.9 Å². The van der Waals surface area contributed by atoms with Crippen LogP contribution in [0.3, 0.4) is 0 Å². The zero-order chi connectivity index (χ0) is 10.8. The van der Waals surface area contributed by atoms with E-state index in [4.69, 9.17) is 0 Å². The van der Waals surface area contributed by atoms with Gasteiger partial charge >= 0.3 is 96.4 Å². The molecule has 0 amide bonds. The predicted octanol–water partition coefficient (Wildman–Crippen LogP) is 1.83. The van der Waals surface area contributed by atoms with Gasteiger partial charge in [-0.05, 0) is 0 Å². The van der Waals surface area contributed by atoms with Crippen LogP contribution >= 0.6 is 0 Å². The molecule has 15 heavy (non-hydrogen) atoms. The van der Waals surface area contributed by atoms with Crippen LogP contribution in [0.4, 0.5) is 0 Å². The minimum atomic E-state index is -0.503. The van der Waals surface area contributed by atoms with Crippen molar-refractivity contribution in [2.75, 3.05) is 0 Å². The van der Waals surface area contributed by atoms with Crippen LogP contribution in [0, 0.1) is 12.8 Å². The molecule has 1 N–H and O–H groups in total. The molecule has 0 saturated heterocycles. The molecule has 3 heteroatoms. The molecule has 2 atom stereocenters. The number of rotatable bonds is 1. The fraction of sp³-hybridized carbons (Fsp3) is 0.417. The Bertz CT molecular complexity index is 372. The van der Waals surface area contributed by atoms with Gasteiger partial charge < -0.3 is 0 Å². The van der Waals surface area contributed by atoms with Crippen LogP contribution < -0.4 is 0 Å². The van der Waals surface area contributed by atoms with Crippen LogP contribution in [0.25, 0.3) is 0 Å². The number of nitrogens with zero attached hydrogens (tertiary/aromatic N) is 1. The molecule has 80 valence electrons. The molecule has 2 nitrogen and oxygen atoms in total. The maximum absolute atomic E-state index is 9.69. The van der Waals surface area contributed by atoms with Crippen molar-refractivity contribution in [1.82, 2.24) is 0 Å². The summed E-state index contributed by atoms with van der Waals surface area (Å²) in [6.45, 7) is 4.14. The summed E-state index contributed by atoms with van der Waals surface area (Å²) in [5.41, 5.74) is 2.43. The SMILES string of the molecule is Cc1ccc(C2=N[C@@H](O)[C@@H](C)C[Se]2)cc1. The van der Waals surface area contributed by atoms with Gasteiger partial charge in [-0.2, -0.15) is 0 Å². The van der Waals surface area contributed by atoms with Gasteiger partial charge in [0.05, 0.1) is 0 Å². The van der Waals surface area contributed by atoms with E-state index in [1.807, 2.05) is 0 Å². The van der Waals surface area contributed by atoms with E-state index in [1.165, 1.54) is 11.1 Å². The van der Waals surface area contributed by atoms with E-state index in [9.17, 15) is 5.11 Å². The molecule has 0 aliphatic carbocycles. The number of hydrogen-bond acceptors (Lipinski definition) is 2. The van der Waals surface area contributed by atoms with E-state index in [-0.39, 0.29) is 0 Å². The van der Waals surface area contributed by atoms with Gasteiger partial charge in [0.25, 0.3) is 0 Å². The van der Waals surface area contributed by atoms with Gasteiger partial charge in [0.1, 0.15) is 0 Å². The molecule has 2 rings (SSSR count). The molecule has 0 radical (unpaired) electrons. The van der Waals surface area contributed by atoms with Crippen molar-refractivity contribution >= 4 is 19.6 Å². The summed E-state index contributed by atoms with van der Waals surface area (Å²) in [4.78, 5) is 4.36. The molecular weight excluding hydrogens is 253 g/mol. The second kappa shape index (κ2) is 4.48. The zero-order valence-electron chi connectivity index (χ0n) is 8.97. The van der Waals surface area contributed by atoms with Gasteiger partial charge in [-0.25, -0.2) is 0 Å². The Kier molecular flexibility index (Phi) is 3.25. The number of aliphatic hydroxyl groups excluding tert-OH is 1. The molecule has 1 heterocycles. The summed E-state index contributed by atoms with van der Waals surface area (Å²) in [5, 5.41) is 10.8. The number of aliphatic hydroxyl groups is 1. The molecule has 0 spiro atoms. The van der Waals surface area contributed by atoms with Crippen LogP contribution in [0.15, 0.2) is 29.3 Å². The summed E-state index contributed by atoms with van der Waals surface area (Å²) in [5.74, 6) is 0.319. The van der Waals surface area contributed by atoms with Crippen LogP contribution in [0.5, 0.6) is 0 Å². The standard InChI is InChI=1S/C12H15NOSe/c1-8-3-5-10(6-4-8)12-13-11(14)9(2)7-15-12/h3-6,9,11,14H,7H2,1-2H3/t9-,11-/m0/s1. The molecule has 0 fully saturated rings.